The van der Waals surface area contributed by atoms with Crippen molar-refractivity contribution in [3.8, 4) is 5.88 Å². The van der Waals surface area contributed by atoms with Crippen molar-refractivity contribution in [1.29, 1.82) is 0 Å². The molecule has 1 aromatic heterocycles. The Balaban J connectivity index is 1.47. The number of pyridine rings is 1. The number of aromatic nitrogens is 1. The number of likely N-dealkylation sites (tertiary alicyclic amines) is 1. The molecule has 11 nitrogen and oxygen atoms in total. The van der Waals surface area contributed by atoms with Crippen LogP contribution in [0.3, 0.4) is 0 Å². The maximum absolute atomic E-state index is 12.8. The quantitative estimate of drug-likeness (QED) is 0.462. The van der Waals surface area contributed by atoms with Crippen molar-refractivity contribution >= 4 is 29.3 Å². The number of nitrogens with two attached hydrogens (primary N) is 1. The number of esters is 1. The first-order chi connectivity index (χ1) is 15.9. The minimum Gasteiger partial charge on any atom is -0.480 e. The van der Waals surface area contributed by atoms with E-state index in [2.05, 4.69) is 15.2 Å². The van der Waals surface area contributed by atoms with Gasteiger partial charge in [0.2, 0.25) is 5.88 Å². The molecule has 2 saturated heterocycles. The number of hydrogen-bond donors (Lipinski definition) is 2. The minimum absolute atomic E-state index is 0.0879. The molecule has 1 aromatic rings. The Morgan fingerprint density at radius 1 is 1.27 bits per heavy atom. The summed E-state index contributed by atoms with van der Waals surface area (Å²) in [7, 11) is 2.99. The number of amides is 1. The van der Waals surface area contributed by atoms with E-state index in [1.165, 1.54) is 13.2 Å². The summed E-state index contributed by atoms with van der Waals surface area (Å²) in [5, 5.41) is 3.13. The van der Waals surface area contributed by atoms with Crippen LogP contribution >= 0.6 is 11.6 Å². The Morgan fingerprint density at radius 2 is 2.03 bits per heavy atom. The maximum Gasteiger partial charge on any atom is 0.320 e. The number of ether oxygens (including phenoxy) is 4. The zero-order valence-corrected chi connectivity index (χ0v) is 19.8. The average molecular weight is 486 g/mol. The van der Waals surface area contributed by atoms with E-state index >= 15 is 0 Å². The van der Waals surface area contributed by atoms with Crippen LogP contribution in [-0.2, 0) is 19.0 Å². The van der Waals surface area contributed by atoms with Crippen LogP contribution in [0.2, 0.25) is 5.02 Å². The van der Waals surface area contributed by atoms with E-state index < -0.39 is 0 Å². The van der Waals surface area contributed by atoms with Gasteiger partial charge in [-0.1, -0.05) is 11.6 Å². The smallest absolute Gasteiger partial charge is 0.320 e. The summed E-state index contributed by atoms with van der Waals surface area (Å²) in [4.78, 5) is 33.3. The zero-order valence-electron chi connectivity index (χ0n) is 19.0. The molecule has 0 aromatic carbocycles. The van der Waals surface area contributed by atoms with Crippen LogP contribution in [0.4, 0.5) is 5.82 Å². The van der Waals surface area contributed by atoms with Crippen molar-refractivity contribution in [1.82, 2.24) is 20.1 Å². The normalized spacial score (nSPS) is 22.0. The molecule has 0 bridgehead atoms. The number of halogens is 1. The second kappa shape index (κ2) is 12.3. The number of carbonyl (C=O) groups excluding carboxylic acids is 2. The van der Waals surface area contributed by atoms with Gasteiger partial charge < -0.3 is 30.0 Å². The van der Waals surface area contributed by atoms with Gasteiger partial charge in [-0.3, -0.25) is 19.4 Å². The van der Waals surface area contributed by atoms with Gasteiger partial charge in [-0.15, -0.1) is 0 Å². The molecule has 33 heavy (non-hydrogen) atoms. The highest BCUT2D eigenvalue weighted by molar-refractivity contribution is 6.33. The second-order valence-electron chi connectivity index (χ2n) is 7.96. The van der Waals surface area contributed by atoms with Crippen molar-refractivity contribution in [3.05, 3.63) is 16.7 Å². The Bertz CT molecular complexity index is 823. The number of anilines is 1. The predicted octanol–water partition coefficient (Wildman–Crippen LogP) is 0.0203. The van der Waals surface area contributed by atoms with Gasteiger partial charge in [-0.05, 0) is 12.5 Å². The van der Waals surface area contributed by atoms with Crippen LogP contribution in [-0.4, -0.2) is 112 Å². The second-order valence-corrected chi connectivity index (χ2v) is 8.37. The van der Waals surface area contributed by atoms with Gasteiger partial charge >= 0.3 is 5.97 Å². The third kappa shape index (κ3) is 7.15. The number of nitrogens with zero attached hydrogens (tertiary/aromatic N) is 3. The Hall–Kier alpha value is -2.18. The zero-order chi connectivity index (χ0) is 23.8. The van der Waals surface area contributed by atoms with E-state index in [0.29, 0.717) is 45.9 Å². The standard InChI is InChI=1S/C21H32ClN5O6/c1-30-17-12-27(13-18(28)33-10-7-26-5-8-32-9-6-26)4-3-16(17)24-20(29)14-11-15(22)19(23)25-21(14)31-2/h11,16-17H,3-10,12-13H2,1-2H3,(H2,23,25)(H,24,29)/t16-,17+/m0/s1. The van der Waals surface area contributed by atoms with Gasteiger partial charge in [-0.2, -0.15) is 4.98 Å². The van der Waals surface area contributed by atoms with Gasteiger partial charge in [0, 0.05) is 39.8 Å². The number of morpholine rings is 1. The van der Waals surface area contributed by atoms with Gasteiger partial charge in [-0.25, -0.2) is 0 Å². The molecule has 0 saturated carbocycles. The first kappa shape index (κ1) is 25.4. The molecule has 3 rings (SSSR count). The van der Waals surface area contributed by atoms with E-state index in [1.54, 1.807) is 7.11 Å². The van der Waals surface area contributed by atoms with E-state index in [0.717, 1.165) is 13.1 Å². The topological polar surface area (TPSA) is 128 Å². The van der Waals surface area contributed by atoms with Gasteiger partial charge in [0.25, 0.3) is 5.91 Å². The summed E-state index contributed by atoms with van der Waals surface area (Å²) in [6, 6.07) is 1.18. The summed E-state index contributed by atoms with van der Waals surface area (Å²) in [5.41, 5.74) is 5.88. The molecule has 3 heterocycles. The average Bonchev–Trinajstić information content (AvgIpc) is 2.82. The number of rotatable bonds is 9. The fourth-order valence-electron chi connectivity index (χ4n) is 3.92. The Morgan fingerprint density at radius 3 is 2.73 bits per heavy atom. The van der Waals surface area contributed by atoms with Crippen molar-refractivity contribution in [2.75, 3.05) is 79.0 Å². The molecule has 12 heteroatoms. The summed E-state index contributed by atoms with van der Waals surface area (Å²) in [6.45, 7) is 5.48. The lowest BCUT2D eigenvalue weighted by atomic mass is 10.0. The van der Waals surface area contributed by atoms with Crippen LogP contribution in [0.1, 0.15) is 16.8 Å². The van der Waals surface area contributed by atoms with Crippen LogP contribution in [0.5, 0.6) is 5.88 Å². The summed E-state index contributed by atoms with van der Waals surface area (Å²) in [5.74, 6) is -0.470. The van der Waals surface area contributed by atoms with E-state index in [4.69, 9.17) is 36.3 Å². The molecule has 3 N–H and O–H groups in total. The molecule has 0 aliphatic carbocycles. The molecule has 0 unspecified atom stereocenters. The molecule has 2 fully saturated rings. The SMILES string of the molecule is COc1nc(N)c(Cl)cc1C(=O)N[C@H]1CCN(CC(=O)OCCN2CCOCC2)C[C@H]1OC. The lowest BCUT2D eigenvalue weighted by Gasteiger charge is -2.37. The van der Waals surface area contributed by atoms with E-state index in [9.17, 15) is 9.59 Å². The fraction of sp³-hybridized carbons (Fsp3) is 0.667. The van der Waals surface area contributed by atoms with Gasteiger partial charge in [0.1, 0.15) is 18.0 Å². The largest absolute Gasteiger partial charge is 0.480 e. The third-order valence-corrected chi connectivity index (χ3v) is 6.10. The number of hydrogen-bond acceptors (Lipinski definition) is 10. The minimum atomic E-state index is -0.385. The monoisotopic (exact) mass is 485 g/mol. The number of carbonyl (C=O) groups is 2. The highest BCUT2D eigenvalue weighted by Gasteiger charge is 2.32. The summed E-state index contributed by atoms with van der Waals surface area (Å²) < 4.78 is 21.5. The molecular formula is C21H32ClN5O6. The summed E-state index contributed by atoms with van der Waals surface area (Å²) >= 11 is 6.03. The number of nitrogens with one attached hydrogen (secondary N) is 1. The first-order valence-electron chi connectivity index (χ1n) is 10.9. The lowest BCUT2D eigenvalue weighted by molar-refractivity contribution is -0.146. The highest BCUT2D eigenvalue weighted by Crippen LogP contribution is 2.25. The van der Waals surface area contributed by atoms with Crippen LogP contribution < -0.4 is 15.8 Å². The number of methoxy groups -OCH3 is 2. The van der Waals surface area contributed by atoms with Gasteiger partial charge in [0.15, 0.2) is 0 Å². The highest BCUT2D eigenvalue weighted by atomic mass is 35.5. The molecule has 2 atom stereocenters. The molecule has 2 aliphatic heterocycles. The molecule has 1 amide bonds. The molecule has 2 aliphatic rings. The van der Waals surface area contributed by atoms with Gasteiger partial charge in [0.05, 0.1) is 44.0 Å². The molecule has 0 spiro atoms. The number of piperidine rings is 1. The Labute approximate surface area is 198 Å². The molecular weight excluding hydrogens is 454 g/mol. The van der Waals surface area contributed by atoms with Crippen LogP contribution in [0.15, 0.2) is 6.07 Å². The molecule has 184 valence electrons. The van der Waals surface area contributed by atoms with Crippen molar-refractivity contribution in [2.24, 2.45) is 0 Å². The van der Waals surface area contributed by atoms with Crippen molar-refractivity contribution in [2.45, 2.75) is 18.6 Å². The van der Waals surface area contributed by atoms with E-state index in [1.807, 2.05) is 4.90 Å². The van der Waals surface area contributed by atoms with Crippen molar-refractivity contribution < 1.29 is 28.5 Å². The third-order valence-electron chi connectivity index (χ3n) is 5.80. The van der Waals surface area contributed by atoms with Crippen LogP contribution in [0, 0.1) is 0 Å². The predicted molar refractivity (Wildman–Crippen MR) is 122 cm³/mol. The fourth-order valence-corrected chi connectivity index (χ4v) is 4.07. The lowest BCUT2D eigenvalue weighted by Crippen LogP contribution is -2.55. The first-order valence-corrected chi connectivity index (χ1v) is 11.3. The van der Waals surface area contributed by atoms with Crippen LogP contribution in [0.25, 0.3) is 0 Å². The maximum atomic E-state index is 12.8. The Kier molecular flexibility index (Phi) is 9.51. The van der Waals surface area contributed by atoms with Crippen molar-refractivity contribution in [3.63, 3.8) is 0 Å². The summed E-state index contributed by atoms with van der Waals surface area (Å²) in [6.07, 6.45) is 0.302. The molecule has 0 radical (unpaired) electrons. The van der Waals surface area contributed by atoms with E-state index in [-0.39, 0.29) is 52.9 Å². The number of nitrogen functional groups attached to an aromatic ring is 1.